The molecule has 22 heavy (non-hydrogen) atoms. The second-order valence-corrected chi connectivity index (χ2v) is 4.56. The van der Waals surface area contributed by atoms with Crippen LogP contribution in [-0.4, -0.2) is 29.5 Å². The zero-order valence-corrected chi connectivity index (χ0v) is 12.5. The van der Waals surface area contributed by atoms with Crippen molar-refractivity contribution >= 4 is 23.9 Å². The van der Waals surface area contributed by atoms with E-state index in [1.54, 1.807) is 6.92 Å². The van der Waals surface area contributed by atoms with Crippen LogP contribution >= 0.6 is 11.6 Å². The van der Waals surface area contributed by atoms with Crippen LogP contribution in [0.5, 0.6) is 0 Å². The van der Waals surface area contributed by atoms with Crippen molar-refractivity contribution in [3.05, 3.63) is 40.5 Å². The van der Waals surface area contributed by atoms with E-state index in [2.05, 4.69) is 26.4 Å². The minimum absolute atomic E-state index is 0.173. The molecule has 0 bridgehead atoms. The molecule has 0 amide bonds. The molecule has 0 N–H and O–H groups in total. The van der Waals surface area contributed by atoms with Crippen molar-refractivity contribution in [3.63, 3.8) is 0 Å². The topological polar surface area (TPSA) is 47.4 Å². The molecular weight excluding hydrogens is 326 g/mol. The molecule has 1 aromatic heterocycles. The summed E-state index contributed by atoms with van der Waals surface area (Å²) < 4.78 is 54.3. The van der Waals surface area contributed by atoms with Crippen LogP contribution in [0.2, 0.25) is 5.15 Å². The second kappa shape index (κ2) is 7.35. The van der Waals surface area contributed by atoms with E-state index in [0.717, 1.165) is 6.08 Å². The Labute approximate surface area is 129 Å². The minimum atomic E-state index is -4.60. The van der Waals surface area contributed by atoms with Gasteiger partial charge in [0.05, 0.1) is 17.6 Å². The van der Waals surface area contributed by atoms with Crippen LogP contribution in [0.25, 0.3) is 5.57 Å². The van der Waals surface area contributed by atoms with E-state index in [4.69, 9.17) is 11.6 Å². The zero-order chi connectivity index (χ0) is 16.9. The number of aliphatic imine (C=N–C) groups is 1. The molecular formula is C13H12ClF4N3O. The Kier molecular flexibility index (Phi) is 6.04. The van der Waals surface area contributed by atoms with E-state index in [-0.39, 0.29) is 5.15 Å². The third-order valence-corrected chi connectivity index (χ3v) is 2.54. The molecule has 0 saturated heterocycles. The van der Waals surface area contributed by atoms with Crippen molar-refractivity contribution in [2.45, 2.75) is 20.0 Å². The predicted molar refractivity (Wildman–Crippen MR) is 75.1 cm³/mol. The van der Waals surface area contributed by atoms with Gasteiger partial charge >= 0.3 is 6.18 Å². The molecule has 1 heterocycles. The highest BCUT2D eigenvalue weighted by Gasteiger charge is 2.29. The number of nitrogens with zero attached hydrogens (tertiary/aromatic N) is 3. The number of aryl methyl sites for hydroxylation is 1. The summed E-state index contributed by atoms with van der Waals surface area (Å²) >= 11 is 5.66. The fourth-order valence-corrected chi connectivity index (χ4v) is 1.68. The third-order valence-electron chi connectivity index (χ3n) is 2.35. The van der Waals surface area contributed by atoms with Gasteiger partial charge in [-0.15, -0.1) is 0 Å². The largest absolute Gasteiger partial charge is 0.466 e. The van der Waals surface area contributed by atoms with Gasteiger partial charge < -0.3 is 4.74 Å². The molecule has 0 atom stereocenters. The predicted octanol–water partition coefficient (Wildman–Crippen LogP) is 4.26. The zero-order valence-electron chi connectivity index (χ0n) is 11.7. The molecule has 0 fully saturated rings. The van der Waals surface area contributed by atoms with Crippen LogP contribution in [0, 0.1) is 6.92 Å². The van der Waals surface area contributed by atoms with Gasteiger partial charge in [-0.25, -0.2) is 14.4 Å². The van der Waals surface area contributed by atoms with Gasteiger partial charge in [0.15, 0.2) is 12.4 Å². The van der Waals surface area contributed by atoms with Gasteiger partial charge in [-0.1, -0.05) is 11.6 Å². The van der Waals surface area contributed by atoms with Crippen LogP contribution in [0.3, 0.4) is 0 Å². The Hall–Kier alpha value is -1.96. The molecule has 0 aliphatic heterocycles. The summed E-state index contributed by atoms with van der Waals surface area (Å²) in [5.74, 6) is -1.95. The van der Waals surface area contributed by atoms with Crippen molar-refractivity contribution < 1.29 is 22.3 Å². The summed E-state index contributed by atoms with van der Waals surface area (Å²) in [6.45, 7) is 4.43. The average molecular weight is 338 g/mol. The van der Waals surface area contributed by atoms with Gasteiger partial charge in [-0.3, -0.25) is 4.98 Å². The average Bonchev–Trinajstić information content (AvgIpc) is 2.37. The lowest BCUT2D eigenvalue weighted by atomic mass is 10.1. The highest BCUT2D eigenvalue weighted by atomic mass is 35.5. The minimum Gasteiger partial charge on any atom is -0.466 e. The molecule has 0 radical (unpaired) electrons. The Balaban J connectivity index is 3.05. The molecule has 0 aliphatic carbocycles. The number of ether oxygens (including phenoxy) is 1. The summed E-state index contributed by atoms with van der Waals surface area (Å²) in [4.78, 5) is 11.0. The Morgan fingerprint density at radius 2 is 2.14 bits per heavy atom. The number of hydrogen-bond donors (Lipinski definition) is 0. The van der Waals surface area contributed by atoms with Crippen molar-refractivity contribution in [1.29, 1.82) is 0 Å². The van der Waals surface area contributed by atoms with Crippen molar-refractivity contribution in [2.24, 2.45) is 4.99 Å². The maximum Gasteiger partial charge on any atom is 0.422 e. The highest BCUT2D eigenvalue weighted by molar-refractivity contribution is 6.29. The highest BCUT2D eigenvalue weighted by Crippen LogP contribution is 2.22. The molecule has 4 nitrogen and oxygen atoms in total. The second-order valence-electron chi connectivity index (χ2n) is 4.17. The van der Waals surface area contributed by atoms with Crippen LogP contribution < -0.4 is 0 Å². The molecule has 120 valence electrons. The van der Waals surface area contributed by atoms with Crippen molar-refractivity contribution in [2.75, 3.05) is 6.61 Å². The van der Waals surface area contributed by atoms with Gasteiger partial charge in [0.1, 0.15) is 5.15 Å². The SMILES string of the molecule is C=N/C(OCC(F)(F)F)=C(F)\C=C(/C)c1ncc(Cl)nc1C. The van der Waals surface area contributed by atoms with Crippen LogP contribution in [0.15, 0.2) is 29.0 Å². The molecule has 0 aliphatic rings. The summed E-state index contributed by atoms with van der Waals surface area (Å²) in [6, 6.07) is 0. The number of allylic oxidation sites excluding steroid dienone is 3. The lowest BCUT2D eigenvalue weighted by Gasteiger charge is -2.09. The summed E-state index contributed by atoms with van der Waals surface area (Å²) in [5, 5.41) is 0.173. The quantitative estimate of drug-likeness (QED) is 0.349. The summed E-state index contributed by atoms with van der Waals surface area (Å²) in [7, 11) is 0. The first-order valence-corrected chi connectivity index (χ1v) is 6.25. The van der Waals surface area contributed by atoms with E-state index in [0.29, 0.717) is 17.0 Å². The van der Waals surface area contributed by atoms with Crippen LogP contribution in [0.4, 0.5) is 17.6 Å². The third kappa shape index (κ3) is 5.44. The first-order chi connectivity index (χ1) is 10.1. The Morgan fingerprint density at radius 1 is 1.50 bits per heavy atom. The standard InChI is InChI=1S/C13H12ClF4N3O/c1-7(11-8(2)21-10(14)5-20-11)4-9(15)12(19-3)22-6-13(16,17)18/h4-5H,3,6H2,1-2H3/b7-4+,12-9-. The first kappa shape index (κ1) is 18.1. The monoisotopic (exact) mass is 337 g/mol. The summed E-state index contributed by atoms with van der Waals surface area (Å²) in [5.41, 5.74) is 1.10. The number of hydrogen-bond acceptors (Lipinski definition) is 4. The van der Waals surface area contributed by atoms with Crippen LogP contribution in [-0.2, 0) is 4.74 Å². The molecule has 1 rings (SSSR count). The Morgan fingerprint density at radius 3 is 2.64 bits per heavy atom. The first-order valence-electron chi connectivity index (χ1n) is 5.88. The van der Waals surface area contributed by atoms with Crippen molar-refractivity contribution in [3.8, 4) is 0 Å². The molecule has 1 aromatic rings. The lowest BCUT2D eigenvalue weighted by molar-refractivity contribution is -0.165. The van der Waals surface area contributed by atoms with E-state index < -0.39 is 24.5 Å². The number of aromatic nitrogens is 2. The fourth-order valence-electron chi connectivity index (χ4n) is 1.50. The van der Waals surface area contributed by atoms with E-state index in [1.165, 1.54) is 13.1 Å². The van der Waals surface area contributed by atoms with E-state index in [1.807, 2.05) is 0 Å². The van der Waals surface area contributed by atoms with Gasteiger partial charge in [0.25, 0.3) is 0 Å². The van der Waals surface area contributed by atoms with Crippen LogP contribution in [0.1, 0.15) is 18.3 Å². The Bertz CT molecular complexity index is 626. The number of rotatable bonds is 5. The lowest BCUT2D eigenvalue weighted by Crippen LogP contribution is -2.16. The van der Waals surface area contributed by atoms with Gasteiger partial charge in [0, 0.05) is 0 Å². The molecule has 0 aromatic carbocycles. The molecule has 9 heteroatoms. The smallest absolute Gasteiger partial charge is 0.422 e. The molecule has 0 spiro atoms. The fraction of sp³-hybridized carbons (Fsp3) is 0.308. The summed E-state index contributed by atoms with van der Waals surface area (Å²) in [6.07, 6.45) is -2.39. The van der Waals surface area contributed by atoms with Gasteiger partial charge in [0.2, 0.25) is 5.88 Å². The maximum absolute atomic E-state index is 13.9. The molecule has 0 unspecified atom stereocenters. The maximum atomic E-state index is 13.9. The normalized spacial score (nSPS) is 13.7. The van der Waals surface area contributed by atoms with Gasteiger partial charge in [-0.05, 0) is 32.2 Å². The number of halogens is 5. The van der Waals surface area contributed by atoms with E-state index in [9.17, 15) is 17.6 Å². The molecule has 0 saturated carbocycles. The van der Waals surface area contributed by atoms with E-state index >= 15 is 0 Å². The van der Waals surface area contributed by atoms with Crippen molar-refractivity contribution in [1.82, 2.24) is 9.97 Å². The number of alkyl halides is 3. The van der Waals surface area contributed by atoms with Gasteiger partial charge in [-0.2, -0.15) is 13.2 Å².